The molecule has 3 atom stereocenters. The van der Waals surface area contributed by atoms with E-state index in [1.165, 1.54) is 0 Å². The van der Waals surface area contributed by atoms with E-state index < -0.39 is 41.8 Å². The molecule has 0 radical (unpaired) electrons. The number of aromatic amines is 1. The van der Waals surface area contributed by atoms with E-state index >= 15 is 0 Å². The van der Waals surface area contributed by atoms with Crippen LogP contribution in [0.2, 0.25) is 0 Å². The van der Waals surface area contributed by atoms with Crippen molar-refractivity contribution in [2.45, 2.75) is 57.7 Å². The van der Waals surface area contributed by atoms with Crippen molar-refractivity contribution in [2.24, 2.45) is 17.4 Å². The number of nitrogens with two attached hydrogens (primary N) is 2. The zero-order valence-electron chi connectivity index (χ0n) is 20.2. The second kappa shape index (κ2) is 13.4. The van der Waals surface area contributed by atoms with Gasteiger partial charge < -0.3 is 37.5 Å². The number of aromatic nitrogens is 1. The Labute approximate surface area is 204 Å². The number of benzene rings is 1. The second-order valence-corrected chi connectivity index (χ2v) is 8.86. The Morgan fingerprint density at radius 2 is 1.77 bits per heavy atom. The molecule has 1 aromatic heterocycles. The highest BCUT2D eigenvalue weighted by Crippen LogP contribution is 2.18. The third kappa shape index (κ3) is 8.37. The smallest absolute Gasteiger partial charge is 0.326 e. The van der Waals surface area contributed by atoms with Crippen LogP contribution in [-0.2, 0) is 25.6 Å². The molecule has 11 nitrogen and oxygen atoms in total. The normalized spacial score (nSPS) is 13.7. The van der Waals surface area contributed by atoms with Crippen LogP contribution in [0.15, 0.2) is 30.5 Å². The molecule has 0 aliphatic heterocycles. The van der Waals surface area contributed by atoms with Gasteiger partial charge in [-0.15, -0.1) is 0 Å². The molecule has 0 aliphatic rings. The number of carbonyl (C=O) groups is 4. The molecular formula is C24H36N6O5. The second-order valence-electron chi connectivity index (χ2n) is 8.86. The molecule has 9 N–H and O–H groups in total. The molecule has 1 aromatic carbocycles. The number of aliphatic carboxylic acids is 1. The van der Waals surface area contributed by atoms with Gasteiger partial charge in [0.05, 0.1) is 12.6 Å². The molecule has 0 bridgehead atoms. The van der Waals surface area contributed by atoms with Gasteiger partial charge in [-0.1, -0.05) is 32.0 Å². The maximum atomic E-state index is 12.7. The van der Waals surface area contributed by atoms with Gasteiger partial charge in [0.15, 0.2) is 0 Å². The molecule has 3 amide bonds. The average molecular weight is 489 g/mol. The predicted octanol–water partition coefficient (Wildman–Crippen LogP) is -0.00690. The first-order valence-corrected chi connectivity index (χ1v) is 11.7. The first-order chi connectivity index (χ1) is 16.6. The number of carboxylic acids is 1. The van der Waals surface area contributed by atoms with Crippen LogP contribution < -0.4 is 27.4 Å². The van der Waals surface area contributed by atoms with Crippen LogP contribution in [0.3, 0.4) is 0 Å². The Balaban J connectivity index is 1.87. The number of rotatable bonds is 14. The third-order valence-corrected chi connectivity index (χ3v) is 5.70. The van der Waals surface area contributed by atoms with E-state index in [-0.39, 0.29) is 25.3 Å². The zero-order chi connectivity index (χ0) is 26.0. The van der Waals surface area contributed by atoms with E-state index in [0.29, 0.717) is 19.4 Å². The Hall–Kier alpha value is -3.44. The number of nitrogens with one attached hydrogen (secondary N) is 4. The van der Waals surface area contributed by atoms with Gasteiger partial charge in [-0.3, -0.25) is 14.4 Å². The molecule has 0 saturated heterocycles. The van der Waals surface area contributed by atoms with Crippen LogP contribution in [0.25, 0.3) is 10.9 Å². The number of fused-ring (bicyclic) bond motifs is 1. The highest BCUT2D eigenvalue weighted by atomic mass is 16.4. The Morgan fingerprint density at radius 3 is 2.43 bits per heavy atom. The summed E-state index contributed by atoms with van der Waals surface area (Å²) in [6.07, 6.45) is 3.52. The van der Waals surface area contributed by atoms with Crippen LogP contribution in [0.4, 0.5) is 0 Å². The van der Waals surface area contributed by atoms with Gasteiger partial charge in [0, 0.05) is 17.1 Å². The molecule has 1 heterocycles. The summed E-state index contributed by atoms with van der Waals surface area (Å²) in [7, 11) is 0. The SMILES string of the molecule is CC(C)C(NC(=O)CNC(=O)C(N)Cc1c[nH]c2ccccc12)C(=O)NC(CCCCN)C(=O)O. The topological polar surface area (TPSA) is 192 Å². The summed E-state index contributed by atoms with van der Waals surface area (Å²) >= 11 is 0. The maximum Gasteiger partial charge on any atom is 0.326 e. The van der Waals surface area contributed by atoms with Crippen molar-refractivity contribution in [2.75, 3.05) is 13.1 Å². The molecule has 0 spiro atoms. The summed E-state index contributed by atoms with van der Waals surface area (Å²) in [6, 6.07) is 4.76. The minimum atomic E-state index is -1.15. The van der Waals surface area contributed by atoms with E-state index in [4.69, 9.17) is 11.5 Å². The molecule has 2 aromatic rings. The highest BCUT2D eigenvalue weighted by molar-refractivity contribution is 5.93. The summed E-state index contributed by atoms with van der Waals surface area (Å²) < 4.78 is 0. The number of carboxylic acid groups (broad SMARTS) is 1. The van der Waals surface area contributed by atoms with E-state index in [0.717, 1.165) is 16.5 Å². The number of hydrogen-bond acceptors (Lipinski definition) is 6. The van der Waals surface area contributed by atoms with Crippen molar-refractivity contribution in [1.82, 2.24) is 20.9 Å². The zero-order valence-corrected chi connectivity index (χ0v) is 20.2. The lowest BCUT2D eigenvalue weighted by atomic mass is 10.0. The third-order valence-electron chi connectivity index (χ3n) is 5.70. The van der Waals surface area contributed by atoms with Crippen LogP contribution >= 0.6 is 0 Å². The van der Waals surface area contributed by atoms with Crippen molar-refractivity contribution in [3.63, 3.8) is 0 Å². The Morgan fingerprint density at radius 1 is 1.06 bits per heavy atom. The summed E-state index contributed by atoms with van der Waals surface area (Å²) in [5, 5.41) is 17.9. The average Bonchev–Trinajstić information content (AvgIpc) is 3.22. The number of para-hydroxylation sites is 1. The first-order valence-electron chi connectivity index (χ1n) is 11.7. The van der Waals surface area contributed by atoms with Crippen LogP contribution in [0.1, 0.15) is 38.7 Å². The van der Waals surface area contributed by atoms with E-state index in [1.807, 2.05) is 24.3 Å². The molecule has 0 aliphatic carbocycles. The maximum absolute atomic E-state index is 12.7. The monoisotopic (exact) mass is 488 g/mol. The van der Waals surface area contributed by atoms with Gasteiger partial charge in [-0.2, -0.15) is 0 Å². The molecule has 2 rings (SSSR count). The molecule has 0 saturated carbocycles. The van der Waals surface area contributed by atoms with Gasteiger partial charge in [0.2, 0.25) is 17.7 Å². The molecule has 11 heteroatoms. The number of hydrogen-bond donors (Lipinski definition) is 7. The van der Waals surface area contributed by atoms with E-state index in [2.05, 4.69) is 20.9 Å². The number of unbranched alkanes of at least 4 members (excludes halogenated alkanes) is 1. The predicted molar refractivity (Wildman–Crippen MR) is 132 cm³/mol. The lowest BCUT2D eigenvalue weighted by Gasteiger charge is -2.24. The fourth-order valence-electron chi connectivity index (χ4n) is 3.70. The van der Waals surface area contributed by atoms with Crippen molar-refractivity contribution >= 4 is 34.6 Å². The molecule has 35 heavy (non-hydrogen) atoms. The number of H-pyrrole nitrogens is 1. The summed E-state index contributed by atoms with van der Waals surface area (Å²) in [5.41, 5.74) is 13.3. The Bertz CT molecular complexity index is 1020. The molecule has 0 fully saturated rings. The first kappa shape index (κ1) is 27.8. The fourth-order valence-corrected chi connectivity index (χ4v) is 3.70. The van der Waals surface area contributed by atoms with Gasteiger partial charge in [0.25, 0.3) is 0 Å². The molecule has 3 unspecified atom stereocenters. The largest absolute Gasteiger partial charge is 0.480 e. The van der Waals surface area contributed by atoms with Crippen molar-refractivity contribution in [3.8, 4) is 0 Å². The van der Waals surface area contributed by atoms with Crippen molar-refractivity contribution in [3.05, 3.63) is 36.0 Å². The van der Waals surface area contributed by atoms with E-state index in [9.17, 15) is 24.3 Å². The number of amides is 3. The van der Waals surface area contributed by atoms with Gasteiger partial charge in [-0.25, -0.2) is 4.79 Å². The van der Waals surface area contributed by atoms with E-state index in [1.54, 1.807) is 20.0 Å². The van der Waals surface area contributed by atoms with Gasteiger partial charge >= 0.3 is 5.97 Å². The fraction of sp³-hybridized carbons (Fsp3) is 0.500. The van der Waals surface area contributed by atoms with Crippen LogP contribution in [0.5, 0.6) is 0 Å². The molecule has 192 valence electrons. The lowest BCUT2D eigenvalue weighted by Crippen LogP contribution is -2.55. The standard InChI is InChI=1S/C24H36N6O5/c1-14(2)21(23(33)29-19(24(34)35)9-5-6-10-25)30-20(31)13-28-22(32)17(26)11-15-12-27-18-8-4-3-7-16(15)18/h3-4,7-8,12,14,17,19,21,27H,5-6,9-11,13,25-26H2,1-2H3,(H,28,32)(H,29,33)(H,30,31)(H,34,35). The highest BCUT2D eigenvalue weighted by Gasteiger charge is 2.28. The Kier molecular flexibility index (Phi) is 10.7. The van der Waals surface area contributed by atoms with Gasteiger partial charge in [0.1, 0.15) is 12.1 Å². The van der Waals surface area contributed by atoms with Crippen LogP contribution in [0, 0.1) is 5.92 Å². The molecular weight excluding hydrogens is 452 g/mol. The number of carbonyl (C=O) groups excluding carboxylic acids is 3. The van der Waals surface area contributed by atoms with Crippen LogP contribution in [-0.4, -0.2) is 65.0 Å². The van der Waals surface area contributed by atoms with Crippen molar-refractivity contribution in [1.29, 1.82) is 0 Å². The summed E-state index contributed by atoms with van der Waals surface area (Å²) in [6.45, 7) is 3.52. The summed E-state index contributed by atoms with van der Waals surface area (Å²) in [4.78, 5) is 52.1. The summed E-state index contributed by atoms with van der Waals surface area (Å²) in [5.74, 6) is -3.14. The minimum absolute atomic E-state index is 0.238. The lowest BCUT2D eigenvalue weighted by molar-refractivity contribution is -0.142. The van der Waals surface area contributed by atoms with Gasteiger partial charge in [-0.05, 0) is 49.8 Å². The van der Waals surface area contributed by atoms with Crippen molar-refractivity contribution < 1.29 is 24.3 Å². The quantitative estimate of drug-likeness (QED) is 0.182. The minimum Gasteiger partial charge on any atom is -0.480 e.